The van der Waals surface area contributed by atoms with Crippen LogP contribution in [0, 0.1) is 0 Å². The topological polar surface area (TPSA) is 49.7 Å². The molecule has 0 spiro atoms. The number of aliphatic hydroxyl groups is 1. The molecule has 0 bridgehead atoms. The highest BCUT2D eigenvalue weighted by Gasteiger charge is 2.27. The Morgan fingerprint density at radius 3 is 2.68 bits per heavy atom. The molecule has 2 aromatic rings. The van der Waals surface area contributed by atoms with Gasteiger partial charge in [-0.05, 0) is 22.9 Å². The monoisotopic (exact) mass is 311 g/mol. The molecule has 0 radical (unpaired) electrons. The van der Waals surface area contributed by atoms with E-state index in [-0.39, 0.29) is 17.5 Å². The fourth-order valence-corrected chi connectivity index (χ4v) is 3.29. The van der Waals surface area contributed by atoms with E-state index in [0.29, 0.717) is 25.0 Å². The van der Waals surface area contributed by atoms with Crippen LogP contribution < -0.4 is 0 Å². The van der Waals surface area contributed by atoms with Crippen molar-refractivity contribution >= 4 is 23.3 Å². The number of benzene rings is 1. The molecular formula is C18H17NO2S. The lowest BCUT2D eigenvalue weighted by Gasteiger charge is -2.22. The summed E-state index contributed by atoms with van der Waals surface area (Å²) in [6.07, 6.45) is 2.45. The molecule has 0 saturated carbocycles. The maximum atomic E-state index is 12.3. The third kappa shape index (κ3) is 3.34. The van der Waals surface area contributed by atoms with Gasteiger partial charge < -0.3 is 5.11 Å². The molecule has 1 aliphatic rings. The van der Waals surface area contributed by atoms with Gasteiger partial charge in [0.25, 0.3) is 0 Å². The molecule has 1 heterocycles. The Morgan fingerprint density at radius 1 is 1.18 bits per heavy atom. The van der Waals surface area contributed by atoms with E-state index in [1.54, 1.807) is 11.3 Å². The molecule has 4 heteroatoms. The van der Waals surface area contributed by atoms with E-state index in [9.17, 15) is 9.90 Å². The van der Waals surface area contributed by atoms with Gasteiger partial charge in [-0.25, -0.2) is 0 Å². The Labute approximate surface area is 133 Å². The fourth-order valence-electron chi connectivity index (χ4n) is 2.65. The average Bonchev–Trinajstić information content (AvgIpc) is 3.04. The zero-order valence-electron chi connectivity index (χ0n) is 12.1. The third-order valence-corrected chi connectivity index (χ3v) is 4.66. The van der Waals surface area contributed by atoms with Crippen LogP contribution in [0.4, 0.5) is 0 Å². The molecule has 112 valence electrons. The number of ketones is 1. The van der Waals surface area contributed by atoms with Gasteiger partial charge in [0.15, 0.2) is 5.78 Å². The molecule has 0 amide bonds. The molecule has 1 aromatic carbocycles. The van der Waals surface area contributed by atoms with Crippen molar-refractivity contribution in [2.45, 2.75) is 25.3 Å². The smallest absolute Gasteiger partial charge is 0.168 e. The normalized spacial score (nSPS) is 19.1. The van der Waals surface area contributed by atoms with Gasteiger partial charge >= 0.3 is 0 Å². The summed E-state index contributed by atoms with van der Waals surface area (Å²) < 4.78 is 0. The maximum Gasteiger partial charge on any atom is 0.168 e. The van der Waals surface area contributed by atoms with Crippen LogP contribution in [0.25, 0.3) is 0 Å². The van der Waals surface area contributed by atoms with Gasteiger partial charge in [0.2, 0.25) is 0 Å². The van der Waals surface area contributed by atoms with E-state index in [0.717, 1.165) is 10.4 Å². The van der Waals surface area contributed by atoms with Gasteiger partial charge in [0, 0.05) is 23.9 Å². The SMILES string of the molecule is O=C1CC(c2ccccc2)CC(O)=C1C=NCc1cccs1. The van der Waals surface area contributed by atoms with Gasteiger partial charge in [-0.3, -0.25) is 9.79 Å². The van der Waals surface area contributed by atoms with Crippen molar-refractivity contribution in [2.24, 2.45) is 4.99 Å². The standard InChI is InChI=1S/C18H17NO2S/c20-17-9-14(13-5-2-1-3-6-13)10-18(21)16(17)12-19-11-15-7-4-8-22-15/h1-8,12,14,20H,9-11H2. The number of thiophene rings is 1. The van der Waals surface area contributed by atoms with Crippen LogP contribution >= 0.6 is 11.3 Å². The highest BCUT2D eigenvalue weighted by atomic mass is 32.1. The van der Waals surface area contributed by atoms with E-state index >= 15 is 0 Å². The number of hydrogen-bond donors (Lipinski definition) is 1. The molecule has 1 aliphatic carbocycles. The summed E-state index contributed by atoms with van der Waals surface area (Å²) in [6, 6.07) is 13.8. The van der Waals surface area contributed by atoms with Crippen molar-refractivity contribution in [3.63, 3.8) is 0 Å². The summed E-state index contributed by atoms with van der Waals surface area (Å²) in [4.78, 5) is 17.7. The molecule has 0 saturated heterocycles. The van der Waals surface area contributed by atoms with Crippen LogP contribution in [0.3, 0.4) is 0 Å². The second-order valence-electron chi connectivity index (χ2n) is 5.35. The number of allylic oxidation sites excluding steroid dienone is 2. The van der Waals surface area contributed by atoms with Crippen LogP contribution in [-0.4, -0.2) is 17.1 Å². The molecule has 0 fully saturated rings. The summed E-state index contributed by atoms with van der Waals surface area (Å²) in [5, 5.41) is 12.2. The molecule has 1 unspecified atom stereocenters. The first kappa shape index (κ1) is 14.7. The Kier molecular flexibility index (Phi) is 4.49. The molecule has 3 nitrogen and oxygen atoms in total. The molecule has 1 aromatic heterocycles. The van der Waals surface area contributed by atoms with Crippen LogP contribution in [0.1, 0.15) is 29.2 Å². The molecule has 1 N–H and O–H groups in total. The summed E-state index contributed by atoms with van der Waals surface area (Å²) in [7, 11) is 0. The molecular weight excluding hydrogens is 294 g/mol. The van der Waals surface area contributed by atoms with E-state index in [2.05, 4.69) is 4.99 Å². The molecule has 3 rings (SSSR count). The number of aliphatic imine (C=N–C) groups is 1. The van der Waals surface area contributed by atoms with Crippen molar-refractivity contribution < 1.29 is 9.90 Å². The number of aliphatic hydroxyl groups excluding tert-OH is 1. The lowest BCUT2D eigenvalue weighted by Crippen LogP contribution is -2.19. The number of hydrogen-bond acceptors (Lipinski definition) is 4. The Morgan fingerprint density at radius 2 is 2.00 bits per heavy atom. The van der Waals surface area contributed by atoms with Crippen molar-refractivity contribution in [1.82, 2.24) is 0 Å². The highest BCUT2D eigenvalue weighted by molar-refractivity contribution is 7.09. The summed E-state index contributed by atoms with van der Waals surface area (Å²) in [6.45, 7) is 0.545. The number of rotatable bonds is 4. The van der Waals surface area contributed by atoms with Crippen LogP contribution in [-0.2, 0) is 11.3 Å². The first-order valence-corrected chi connectivity index (χ1v) is 8.14. The molecule has 0 aliphatic heterocycles. The first-order chi connectivity index (χ1) is 10.7. The van der Waals surface area contributed by atoms with Crippen LogP contribution in [0.2, 0.25) is 0 Å². The number of carbonyl (C=O) groups excluding carboxylic acids is 1. The number of Topliss-reactive ketones (excluding diaryl/α,β-unsaturated/α-hetero) is 1. The van der Waals surface area contributed by atoms with Gasteiger partial charge in [0.1, 0.15) is 5.76 Å². The maximum absolute atomic E-state index is 12.3. The second-order valence-corrected chi connectivity index (χ2v) is 6.38. The van der Waals surface area contributed by atoms with Gasteiger partial charge in [-0.1, -0.05) is 36.4 Å². The minimum absolute atomic E-state index is 0.0347. The van der Waals surface area contributed by atoms with Gasteiger partial charge in [-0.15, -0.1) is 11.3 Å². The minimum atomic E-state index is -0.0347. The Balaban J connectivity index is 1.72. The minimum Gasteiger partial charge on any atom is -0.511 e. The van der Waals surface area contributed by atoms with E-state index in [1.807, 2.05) is 47.8 Å². The first-order valence-electron chi connectivity index (χ1n) is 7.26. The molecule has 22 heavy (non-hydrogen) atoms. The van der Waals surface area contributed by atoms with Crippen molar-refractivity contribution in [1.29, 1.82) is 0 Å². The second kappa shape index (κ2) is 6.71. The third-order valence-electron chi connectivity index (χ3n) is 3.80. The lowest BCUT2D eigenvalue weighted by molar-refractivity contribution is -0.116. The van der Waals surface area contributed by atoms with Crippen molar-refractivity contribution in [3.8, 4) is 0 Å². The zero-order chi connectivity index (χ0) is 15.4. The summed E-state index contributed by atoms with van der Waals surface area (Å²) in [5.74, 6) is 0.177. The van der Waals surface area contributed by atoms with Gasteiger partial charge in [-0.2, -0.15) is 0 Å². The largest absolute Gasteiger partial charge is 0.511 e. The zero-order valence-corrected chi connectivity index (χ0v) is 12.9. The lowest BCUT2D eigenvalue weighted by atomic mass is 9.83. The quantitative estimate of drug-likeness (QED) is 0.857. The number of nitrogens with zero attached hydrogens (tertiary/aromatic N) is 1. The Bertz CT molecular complexity index is 702. The fraction of sp³-hybridized carbons (Fsp3) is 0.222. The van der Waals surface area contributed by atoms with Crippen molar-refractivity contribution in [2.75, 3.05) is 0 Å². The van der Waals surface area contributed by atoms with Crippen LogP contribution in [0.5, 0.6) is 0 Å². The van der Waals surface area contributed by atoms with Gasteiger partial charge in [0.05, 0.1) is 12.1 Å². The molecule has 1 atom stereocenters. The predicted molar refractivity (Wildman–Crippen MR) is 89.6 cm³/mol. The van der Waals surface area contributed by atoms with E-state index < -0.39 is 0 Å². The summed E-state index contributed by atoms with van der Waals surface area (Å²) >= 11 is 1.63. The average molecular weight is 311 g/mol. The van der Waals surface area contributed by atoms with Crippen molar-refractivity contribution in [3.05, 3.63) is 69.6 Å². The van der Waals surface area contributed by atoms with Crippen LogP contribution in [0.15, 0.2) is 64.2 Å². The highest BCUT2D eigenvalue weighted by Crippen LogP contribution is 2.32. The number of carbonyl (C=O) groups is 1. The predicted octanol–water partition coefficient (Wildman–Crippen LogP) is 4.28. The summed E-state index contributed by atoms with van der Waals surface area (Å²) in [5.41, 5.74) is 1.46. The Hall–Kier alpha value is -2.20. The van der Waals surface area contributed by atoms with E-state index in [4.69, 9.17) is 0 Å². The van der Waals surface area contributed by atoms with E-state index in [1.165, 1.54) is 6.21 Å².